The smallest absolute Gasteiger partial charge is 0.279 e. The lowest BCUT2D eigenvalue weighted by Crippen LogP contribution is -2.45. The molecule has 1 N–H and O–H groups in total. The van der Waals surface area contributed by atoms with Gasteiger partial charge in [0.15, 0.2) is 5.60 Å². The molecule has 0 saturated carbocycles. The predicted octanol–water partition coefficient (Wildman–Crippen LogP) is 6.88. The number of halogens is 2. The number of benzene rings is 4. The first-order valence-electron chi connectivity index (χ1n) is 17.4. The molecule has 0 aliphatic carbocycles. The molecule has 1 aromatic heterocycles. The lowest BCUT2D eigenvalue weighted by molar-refractivity contribution is -0.150. The van der Waals surface area contributed by atoms with Crippen LogP contribution >= 0.6 is 15.9 Å². The molecule has 4 aromatic carbocycles. The fourth-order valence-electron chi connectivity index (χ4n) is 8.14. The number of amides is 2. The Morgan fingerprint density at radius 3 is 2.48 bits per heavy atom. The third-order valence-corrected chi connectivity index (χ3v) is 13.4. The summed E-state index contributed by atoms with van der Waals surface area (Å²) in [7, 11) is -3.54. The van der Waals surface area contributed by atoms with E-state index in [4.69, 9.17) is 4.74 Å². The van der Waals surface area contributed by atoms with Crippen LogP contribution in [0.25, 0.3) is 16.5 Å². The van der Waals surface area contributed by atoms with Crippen molar-refractivity contribution in [1.82, 2.24) is 14.7 Å². The normalized spacial score (nSPS) is 21.2. The third kappa shape index (κ3) is 6.42. The van der Waals surface area contributed by atoms with E-state index in [9.17, 15) is 19.5 Å². The van der Waals surface area contributed by atoms with Gasteiger partial charge < -0.3 is 23.8 Å². The molecule has 5 aromatic rings. The molecule has 0 unspecified atom stereocenters. The number of rotatable bonds is 10. The average Bonchev–Trinajstić information content (AvgIpc) is 3.54. The summed E-state index contributed by atoms with van der Waals surface area (Å²) in [5, 5.41) is 15.5. The minimum atomic E-state index is -3.54. The number of fused-ring (bicyclic) bond motifs is 3. The van der Waals surface area contributed by atoms with E-state index in [1.165, 1.54) is 4.68 Å². The summed E-state index contributed by atoms with van der Waals surface area (Å²) in [6.07, 6.45) is 0.661. The predicted molar refractivity (Wildman–Crippen MR) is 204 cm³/mol. The van der Waals surface area contributed by atoms with Crippen LogP contribution in [-0.4, -0.2) is 59.3 Å². The van der Waals surface area contributed by atoms with Crippen LogP contribution in [0.5, 0.6) is 0 Å². The van der Waals surface area contributed by atoms with E-state index in [-0.39, 0.29) is 50.0 Å². The molecule has 12 heteroatoms. The Morgan fingerprint density at radius 2 is 1.73 bits per heavy atom. The van der Waals surface area contributed by atoms with Gasteiger partial charge in [0.2, 0.25) is 14.3 Å². The molecule has 268 valence electrons. The third-order valence-electron chi connectivity index (χ3n) is 10.4. The van der Waals surface area contributed by atoms with E-state index >= 15 is 4.11 Å². The standard InChI is InChI=1S/C40H40BrFN4O5Si/c1-26-37(52(2,3)42)35(22-36(48)44(18-19-47)24-27-10-5-4-6-11-27)51-40(26)33-21-30(41)16-17-34(33)45(39(40)50)25-28-12-9-14-31(20-28)46-38(49)32-15-8-7-13-29(32)23-43-46/h4-17,20-21,23,26,35,37,47H,18-19,22,24-25H2,1-3H3/t26-,35+,37-,40+/m0/s1. The number of aliphatic hydroxyl groups is 1. The van der Waals surface area contributed by atoms with Gasteiger partial charge >= 0.3 is 0 Å². The summed E-state index contributed by atoms with van der Waals surface area (Å²) in [5.41, 5.74) is 1.04. The minimum Gasteiger partial charge on any atom is -0.395 e. The van der Waals surface area contributed by atoms with Crippen LogP contribution in [0.1, 0.15) is 30.0 Å². The molecule has 7 rings (SSSR count). The molecule has 1 fully saturated rings. The monoisotopic (exact) mass is 782 g/mol. The number of anilines is 1. The number of carbonyl (C=O) groups is 2. The fraction of sp³-hybridized carbons (Fsp3) is 0.300. The van der Waals surface area contributed by atoms with Crippen LogP contribution in [0, 0.1) is 5.92 Å². The molecular formula is C40H40BrFN4O5Si. The van der Waals surface area contributed by atoms with Crippen molar-refractivity contribution in [3.8, 4) is 5.69 Å². The highest BCUT2D eigenvalue weighted by atomic mass is 79.9. The zero-order valence-corrected chi connectivity index (χ0v) is 31.8. The van der Waals surface area contributed by atoms with E-state index in [0.717, 1.165) is 21.0 Å². The van der Waals surface area contributed by atoms with Gasteiger partial charge in [0.1, 0.15) is 0 Å². The van der Waals surface area contributed by atoms with Gasteiger partial charge in [-0.3, -0.25) is 14.4 Å². The van der Waals surface area contributed by atoms with E-state index in [2.05, 4.69) is 21.0 Å². The molecule has 1 saturated heterocycles. The van der Waals surface area contributed by atoms with E-state index < -0.39 is 31.6 Å². The molecule has 0 radical (unpaired) electrons. The van der Waals surface area contributed by atoms with E-state index in [0.29, 0.717) is 22.3 Å². The van der Waals surface area contributed by atoms with Crippen molar-refractivity contribution in [3.63, 3.8) is 0 Å². The van der Waals surface area contributed by atoms with Crippen molar-refractivity contribution in [2.45, 2.75) is 56.8 Å². The van der Waals surface area contributed by atoms with Gasteiger partial charge in [-0.05, 0) is 60.6 Å². The largest absolute Gasteiger partial charge is 0.395 e. The Hall–Kier alpha value is -4.49. The SMILES string of the molecule is C[C@H]1[C@H]([Si](C)(C)F)[C@@H](CC(=O)N(CCO)Cc2ccccc2)O[C@]12C(=O)N(Cc1cccc(-n3ncc4ccccc4c3=O)c1)c1ccc(Br)cc12. The molecule has 4 atom stereocenters. The number of nitrogens with zero attached hydrogens (tertiary/aromatic N) is 4. The molecule has 3 heterocycles. The lowest BCUT2D eigenvalue weighted by atomic mass is 9.82. The first-order chi connectivity index (χ1) is 24.9. The van der Waals surface area contributed by atoms with Crippen LogP contribution in [0.2, 0.25) is 18.6 Å². The second-order valence-electron chi connectivity index (χ2n) is 14.2. The first kappa shape index (κ1) is 35.9. The summed E-state index contributed by atoms with van der Waals surface area (Å²) in [4.78, 5) is 45.4. The summed E-state index contributed by atoms with van der Waals surface area (Å²) >= 11 is 3.58. The van der Waals surface area contributed by atoms with Crippen molar-refractivity contribution >= 4 is 52.6 Å². The maximum Gasteiger partial charge on any atom is 0.279 e. The van der Waals surface area contributed by atoms with Crippen LogP contribution in [0.15, 0.2) is 113 Å². The lowest BCUT2D eigenvalue weighted by Gasteiger charge is -2.31. The Bertz CT molecular complexity index is 2210. The van der Waals surface area contributed by atoms with Gasteiger partial charge in [-0.1, -0.05) is 83.5 Å². The number of hydrogen-bond donors (Lipinski definition) is 1. The summed E-state index contributed by atoms with van der Waals surface area (Å²) in [5.74, 6) is -1.19. The van der Waals surface area contributed by atoms with Crippen molar-refractivity contribution < 1.29 is 23.5 Å². The van der Waals surface area contributed by atoms with Crippen molar-refractivity contribution in [3.05, 3.63) is 135 Å². The molecule has 2 aliphatic heterocycles. The fourth-order valence-corrected chi connectivity index (χ4v) is 11.0. The van der Waals surface area contributed by atoms with E-state index in [1.807, 2.05) is 91.9 Å². The van der Waals surface area contributed by atoms with Crippen LogP contribution in [0.3, 0.4) is 0 Å². The van der Waals surface area contributed by atoms with Gasteiger partial charge in [-0.25, -0.2) is 0 Å². The minimum absolute atomic E-state index is 0.116. The highest BCUT2D eigenvalue weighted by Crippen LogP contribution is 2.60. The van der Waals surface area contributed by atoms with Gasteiger partial charge in [-0.2, -0.15) is 9.78 Å². The highest BCUT2D eigenvalue weighted by molar-refractivity contribution is 9.10. The maximum absolute atomic E-state index is 16.5. The second kappa shape index (κ2) is 14.1. The van der Waals surface area contributed by atoms with Crippen molar-refractivity contribution in [2.75, 3.05) is 18.1 Å². The molecule has 2 aliphatic rings. The number of carbonyl (C=O) groups excluding carboxylic acids is 2. The maximum atomic E-state index is 16.5. The van der Waals surface area contributed by atoms with Crippen LogP contribution < -0.4 is 10.5 Å². The summed E-state index contributed by atoms with van der Waals surface area (Å²) in [6.45, 7) is 5.42. The summed E-state index contributed by atoms with van der Waals surface area (Å²) in [6, 6.07) is 29.7. The van der Waals surface area contributed by atoms with Crippen molar-refractivity contribution in [2.24, 2.45) is 5.92 Å². The molecule has 9 nitrogen and oxygen atoms in total. The molecular weight excluding hydrogens is 743 g/mol. The Kier molecular flexibility index (Phi) is 9.76. The Labute approximate surface area is 310 Å². The molecule has 0 bridgehead atoms. The zero-order chi connectivity index (χ0) is 36.8. The molecule has 2 amide bonds. The first-order valence-corrected chi connectivity index (χ1v) is 21.1. The zero-order valence-electron chi connectivity index (χ0n) is 29.2. The van der Waals surface area contributed by atoms with Gasteiger partial charge in [0.05, 0.1) is 48.6 Å². The van der Waals surface area contributed by atoms with Crippen LogP contribution in [0.4, 0.5) is 9.80 Å². The Balaban J connectivity index is 1.22. The van der Waals surface area contributed by atoms with Gasteiger partial charge in [0, 0.05) is 40.0 Å². The van der Waals surface area contributed by atoms with Crippen LogP contribution in [-0.2, 0) is 33.0 Å². The topological polar surface area (TPSA) is 105 Å². The van der Waals surface area contributed by atoms with E-state index in [1.54, 1.807) is 41.2 Å². The highest BCUT2D eigenvalue weighted by Gasteiger charge is 2.67. The van der Waals surface area contributed by atoms with Gasteiger partial charge in [-0.15, -0.1) is 0 Å². The Morgan fingerprint density at radius 1 is 1.00 bits per heavy atom. The average molecular weight is 784 g/mol. The summed E-state index contributed by atoms with van der Waals surface area (Å²) < 4.78 is 25.4. The van der Waals surface area contributed by atoms with Gasteiger partial charge in [0.25, 0.3) is 11.5 Å². The molecule has 52 heavy (non-hydrogen) atoms. The van der Waals surface area contributed by atoms with Crippen molar-refractivity contribution in [1.29, 1.82) is 0 Å². The number of hydrogen-bond acceptors (Lipinski definition) is 6. The number of ether oxygens (including phenoxy) is 1. The number of aliphatic hydroxyl groups excluding tert-OH is 1. The quantitative estimate of drug-likeness (QED) is 0.122. The molecule has 1 spiro atoms. The second-order valence-corrected chi connectivity index (χ2v) is 18.9. The number of aromatic nitrogens is 2.